The summed E-state index contributed by atoms with van der Waals surface area (Å²) in [5.41, 5.74) is 0.0860. The van der Waals surface area contributed by atoms with Crippen molar-refractivity contribution in [2.75, 3.05) is 0 Å². The van der Waals surface area contributed by atoms with E-state index in [9.17, 15) is 22.8 Å². The van der Waals surface area contributed by atoms with Crippen LogP contribution in [0.4, 0.5) is 17.6 Å². The minimum absolute atomic E-state index is 0.364. The highest BCUT2D eigenvalue weighted by atomic mass is 19.3. The number of hydrogen-bond donors (Lipinski definition) is 0. The van der Waals surface area contributed by atoms with Crippen LogP contribution in [0.5, 0.6) is 0 Å². The molecule has 5 rings (SSSR count). The summed E-state index contributed by atoms with van der Waals surface area (Å²) in [6, 6.07) is 2.04. The van der Waals surface area contributed by atoms with Crippen LogP contribution in [0.25, 0.3) is 0 Å². The van der Waals surface area contributed by atoms with Crippen LogP contribution in [0.15, 0.2) is 70.1 Å². The lowest BCUT2D eigenvalue weighted by atomic mass is 9.74. The maximum absolute atomic E-state index is 14.1. The van der Waals surface area contributed by atoms with Crippen LogP contribution < -0.4 is 0 Å². The lowest BCUT2D eigenvalue weighted by Gasteiger charge is -2.42. The molecule has 5 aliphatic rings. The van der Waals surface area contributed by atoms with Gasteiger partial charge >= 0.3 is 12.2 Å². The Morgan fingerprint density at radius 3 is 2.56 bits per heavy atom. The summed E-state index contributed by atoms with van der Waals surface area (Å²) < 4.78 is 60.3. The second-order valence-electron chi connectivity index (χ2n) is 7.70. The molecule has 0 aromatic heterocycles. The fourth-order valence-corrected chi connectivity index (χ4v) is 4.92. The van der Waals surface area contributed by atoms with E-state index in [0.29, 0.717) is 22.4 Å². The zero-order chi connectivity index (χ0) is 19.6. The van der Waals surface area contributed by atoms with Crippen molar-refractivity contribution in [1.82, 2.24) is 4.90 Å². The first-order valence-electron chi connectivity index (χ1n) is 8.43. The Morgan fingerprint density at radius 2 is 1.89 bits per heavy atom. The molecule has 3 nitrogen and oxygen atoms in total. The van der Waals surface area contributed by atoms with Gasteiger partial charge in [-0.3, -0.25) is 0 Å². The van der Waals surface area contributed by atoms with Crippen LogP contribution in [-0.4, -0.2) is 22.7 Å². The third-order valence-electron chi connectivity index (χ3n) is 6.73. The molecule has 3 aliphatic heterocycles. The van der Waals surface area contributed by atoms with Crippen LogP contribution >= 0.6 is 0 Å². The van der Waals surface area contributed by atoms with Crippen molar-refractivity contribution in [3.63, 3.8) is 0 Å². The number of halogens is 4. The molecule has 7 heteroatoms. The third-order valence-corrected chi connectivity index (χ3v) is 6.73. The first-order valence-corrected chi connectivity index (χ1v) is 8.43. The molecule has 2 aliphatic carbocycles. The quantitative estimate of drug-likeness (QED) is 0.455. The van der Waals surface area contributed by atoms with Gasteiger partial charge in [0.05, 0.1) is 22.8 Å². The molecular formula is C20H14F4N2O. The molecule has 0 radical (unpaired) electrons. The number of rotatable bonds is 0. The molecule has 0 spiro atoms. The number of nitriles is 1. The molecule has 0 saturated heterocycles. The summed E-state index contributed by atoms with van der Waals surface area (Å²) in [6.07, 6.45) is -2.31. The molecular weight excluding hydrogens is 360 g/mol. The van der Waals surface area contributed by atoms with Gasteiger partial charge < -0.3 is 4.90 Å². The Balaban J connectivity index is 1.80. The number of allylic oxidation sites excluding steroid dienone is 4. The minimum Gasteiger partial charge on any atom is -0.337 e. The summed E-state index contributed by atoms with van der Waals surface area (Å²) >= 11 is 0. The average Bonchev–Trinajstić information content (AvgIpc) is 2.98. The van der Waals surface area contributed by atoms with Crippen LogP contribution in [0.2, 0.25) is 0 Å². The van der Waals surface area contributed by atoms with Crippen molar-refractivity contribution in [3.05, 3.63) is 70.1 Å². The van der Waals surface area contributed by atoms with Gasteiger partial charge in [-0.05, 0) is 48.8 Å². The predicted octanol–water partition coefficient (Wildman–Crippen LogP) is 4.71. The summed E-state index contributed by atoms with van der Waals surface area (Å²) in [6.45, 7) is 7.93. The predicted molar refractivity (Wildman–Crippen MR) is 88.1 cm³/mol. The normalized spacial score (nSPS) is 37.1. The lowest BCUT2D eigenvalue weighted by molar-refractivity contribution is -0.321. The van der Waals surface area contributed by atoms with Crippen LogP contribution in [0, 0.1) is 16.7 Å². The average molecular weight is 374 g/mol. The van der Waals surface area contributed by atoms with Gasteiger partial charge in [0, 0.05) is 29.3 Å². The molecule has 0 aromatic carbocycles. The molecule has 2 atom stereocenters. The van der Waals surface area contributed by atoms with Gasteiger partial charge in [-0.2, -0.15) is 22.8 Å². The summed E-state index contributed by atoms with van der Waals surface area (Å²) in [5.74, 6) is 0. The lowest BCUT2D eigenvalue weighted by Crippen LogP contribution is -2.41. The maximum Gasteiger partial charge on any atom is 0.388 e. The van der Waals surface area contributed by atoms with Crippen LogP contribution in [0.1, 0.15) is 20.3 Å². The second-order valence-corrected chi connectivity index (χ2v) is 7.70. The fourth-order valence-electron chi connectivity index (χ4n) is 4.92. The second kappa shape index (κ2) is 4.28. The minimum atomic E-state index is -4.04. The van der Waals surface area contributed by atoms with Gasteiger partial charge in [0.25, 0.3) is 0 Å². The Hall–Kier alpha value is -2.59. The topological polar surface area (TPSA) is 36.3 Å². The van der Waals surface area contributed by atoms with E-state index in [1.54, 1.807) is 18.4 Å². The molecule has 3 heterocycles. The van der Waals surface area contributed by atoms with E-state index in [4.69, 9.17) is 0 Å². The number of alkyl halides is 4. The third kappa shape index (κ3) is 1.62. The summed E-state index contributed by atoms with van der Waals surface area (Å²) in [5, 5.41) is 9.23. The van der Waals surface area contributed by atoms with E-state index in [-0.39, 0.29) is 6.42 Å². The highest BCUT2D eigenvalue weighted by Crippen LogP contribution is 2.74. The monoisotopic (exact) mass is 374 g/mol. The molecule has 0 aromatic rings. The largest absolute Gasteiger partial charge is 0.388 e. The zero-order valence-electron chi connectivity index (χ0n) is 14.5. The number of ether oxygens (including phenoxy) is 1. The van der Waals surface area contributed by atoms with Gasteiger partial charge in [-0.25, -0.2) is 4.74 Å². The zero-order valence-corrected chi connectivity index (χ0v) is 14.5. The Labute approximate surface area is 152 Å². The van der Waals surface area contributed by atoms with E-state index >= 15 is 0 Å². The summed E-state index contributed by atoms with van der Waals surface area (Å²) in [7, 11) is 0. The highest BCUT2D eigenvalue weighted by Gasteiger charge is 2.74. The Kier molecular flexibility index (Phi) is 2.63. The van der Waals surface area contributed by atoms with E-state index in [1.807, 2.05) is 24.8 Å². The molecule has 0 amide bonds. The molecule has 138 valence electrons. The number of nitrogens with zero attached hydrogens (tertiary/aromatic N) is 2. The molecule has 1 fully saturated rings. The molecule has 0 bridgehead atoms. The van der Waals surface area contributed by atoms with Crippen molar-refractivity contribution in [2.24, 2.45) is 5.41 Å². The van der Waals surface area contributed by atoms with E-state index in [0.717, 1.165) is 11.6 Å². The Morgan fingerprint density at radius 1 is 1.19 bits per heavy atom. The van der Waals surface area contributed by atoms with Gasteiger partial charge in [0.15, 0.2) is 0 Å². The first-order chi connectivity index (χ1) is 12.5. The van der Waals surface area contributed by atoms with Gasteiger partial charge in [-0.15, -0.1) is 0 Å². The SMILES string of the molecule is C=C1C2(C)C3=CC4=C(CC3=C3C=C(C#N)C=CN3C12C)C(F)(F)OC4(F)F. The first kappa shape index (κ1) is 16.6. The number of fused-ring (bicyclic) bond motifs is 5. The fraction of sp³-hybridized carbons (Fsp3) is 0.350. The van der Waals surface area contributed by atoms with Crippen molar-refractivity contribution in [3.8, 4) is 6.07 Å². The smallest absolute Gasteiger partial charge is 0.337 e. The van der Waals surface area contributed by atoms with Crippen molar-refractivity contribution in [1.29, 1.82) is 5.26 Å². The highest BCUT2D eigenvalue weighted by molar-refractivity contribution is 5.73. The van der Waals surface area contributed by atoms with E-state index in [1.165, 1.54) is 0 Å². The van der Waals surface area contributed by atoms with Gasteiger partial charge in [-0.1, -0.05) is 6.58 Å². The van der Waals surface area contributed by atoms with Crippen LogP contribution in [0.3, 0.4) is 0 Å². The van der Waals surface area contributed by atoms with Crippen LogP contribution in [-0.2, 0) is 4.74 Å². The molecule has 1 saturated carbocycles. The van der Waals surface area contributed by atoms with Gasteiger partial charge in [0.2, 0.25) is 0 Å². The van der Waals surface area contributed by atoms with Crippen molar-refractivity contribution in [2.45, 2.75) is 38.0 Å². The van der Waals surface area contributed by atoms with Crippen molar-refractivity contribution >= 4 is 0 Å². The van der Waals surface area contributed by atoms with Crippen molar-refractivity contribution < 1.29 is 22.3 Å². The standard InChI is InChI=1S/C20H14F4N2O/c1-10-17(2)13-8-15-14(19(21,22)27-20(15,23)24)7-12(13)16-6-11(9-25)4-5-26(16)18(10,17)3/h4-6,8H,1,7H2,2-3H3. The molecule has 27 heavy (non-hydrogen) atoms. The maximum atomic E-state index is 14.1. The molecule has 2 unspecified atom stereocenters. The summed E-state index contributed by atoms with van der Waals surface area (Å²) in [4.78, 5) is 1.90. The Bertz CT molecular complexity index is 1050. The van der Waals surface area contributed by atoms with E-state index in [2.05, 4.69) is 11.3 Å². The molecule has 0 N–H and O–H groups in total. The van der Waals surface area contributed by atoms with Gasteiger partial charge in [0.1, 0.15) is 0 Å². The number of hydrogen-bond acceptors (Lipinski definition) is 3. The van der Waals surface area contributed by atoms with E-state index < -0.39 is 34.3 Å².